The summed E-state index contributed by atoms with van der Waals surface area (Å²) in [6.07, 6.45) is 5.11. The first-order valence-corrected chi connectivity index (χ1v) is 5.25. The van der Waals surface area contributed by atoms with E-state index in [4.69, 9.17) is 0 Å². The maximum absolute atomic E-state index is 2.52. The summed E-state index contributed by atoms with van der Waals surface area (Å²) in [5, 5.41) is 0. The molecule has 0 rings (SSSR count). The average Bonchev–Trinajstić information content (AvgIpc) is 1.85. The van der Waals surface area contributed by atoms with Gasteiger partial charge in [-0.1, -0.05) is 48.0 Å². The molecule has 0 aliphatic rings. The van der Waals surface area contributed by atoms with Crippen molar-refractivity contribution in [2.45, 2.75) is 54.4 Å². The zero-order valence-corrected chi connectivity index (χ0v) is 9.65. The van der Waals surface area contributed by atoms with Crippen LogP contribution in [0.25, 0.3) is 0 Å². The molecular weight excluding hydrogens is 144 g/mol. The van der Waals surface area contributed by atoms with E-state index in [2.05, 4.69) is 48.0 Å². The maximum atomic E-state index is 2.52. The standard InChI is InChI=1S/C12H25/c1-7-8-12(5,6)9-11(4)10(2)3/h9-11H,7-8H2,1-6H3. The quantitative estimate of drug-likeness (QED) is 0.575. The van der Waals surface area contributed by atoms with Gasteiger partial charge in [-0.15, -0.1) is 0 Å². The Hall–Kier alpha value is 0. The molecule has 0 N–H and O–H groups in total. The Morgan fingerprint density at radius 1 is 1.17 bits per heavy atom. The summed E-state index contributed by atoms with van der Waals surface area (Å²) in [4.78, 5) is 0. The van der Waals surface area contributed by atoms with Gasteiger partial charge in [0.1, 0.15) is 0 Å². The molecule has 1 radical (unpaired) electrons. The summed E-state index contributed by atoms with van der Waals surface area (Å²) in [6.45, 7) is 13.9. The monoisotopic (exact) mass is 169 g/mol. The van der Waals surface area contributed by atoms with Crippen molar-refractivity contribution in [1.82, 2.24) is 0 Å². The lowest BCUT2D eigenvalue weighted by molar-refractivity contribution is 0.317. The molecule has 0 fully saturated rings. The first kappa shape index (κ1) is 12.0. The van der Waals surface area contributed by atoms with E-state index in [0.717, 1.165) is 11.8 Å². The van der Waals surface area contributed by atoms with Gasteiger partial charge in [0, 0.05) is 0 Å². The Balaban J connectivity index is 3.87. The SMILES string of the molecule is CCCC(C)(C)[CH]C(C)C(C)C. The fraction of sp³-hybridized carbons (Fsp3) is 0.917. The van der Waals surface area contributed by atoms with Crippen LogP contribution in [-0.4, -0.2) is 0 Å². The lowest BCUT2D eigenvalue weighted by Gasteiger charge is -2.29. The predicted molar refractivity (Wildman–Crippen MR) is 57.0 cm³/mol. The Bertz CT molecular complexity index is 111. The number of rotatable bonds is 5. The van der Waals surface area contributed by atoms with Crippen molar-refractivity contribution in [1.29, 1.82) is 0 Å². The highest BCUT2D eigenvalue weighted by atomic mass is 14.3. The third-order valence-electron chi connectivity index (χ3n) is 2.66. The fourth-order valence-electron chi connectivity index (χ4n) is 1.63. The van der Waals surface area contributed by atoms with Gasteiger partial charge in [-0.25, -0.2) is 0 Å². The smallest absolute Gasteiger partial charge is 0.0298 e. The van der Waals surface area contributed by atoms with Crippen molar-refractivity contribution in [3.8, 4) is 0 Å². The largest absolute Gasteiger partial charge is 0.0654 e. The van der Waals surface area contributed by atoms with Gasteiger partial charge in [-0.05, 0) is 30.1 Å². The van der Waals surface area contributed by atoms with Gasteiger partial charge in [-0.2, -0.15) is 0 Å². The molecule has 0 heteroatoms. The van der Waals surface area contributed by atoms with Crippen molar-refractivity contribution in [2.24, 2.45) is 17.3 Å². The van der Waals surface area contributed by atoms with Crippen LogP contribution in [0.2, 0.25) is 0 Å². The van der Waals surface area contributed by atoms with Gasteiger partial charge >= 0.3 is 0 Å². The first-order chi connectivity index (χ1) is 5.39. The minimum absolute atomic E-state index is 0.429. The molecule has 0 aromatic heterocycles. The van der Waals surface area contributed by atoms with Crippen LogP contribution >= 0.6 is 0 Å². The Morgan fingerprint density at radius 2 is 1.67 bits per heavy atom. The van der Waals surface area contributed by atoms with Crippen LogP contribution in [-0.2, 0) is 0 Å². The molecule has 0 saturated carbocycles. The van der Waals surface area contributed by atoms with Gasteiger partial charge in [0.15, 0.2) is 0 Å². The summed E-state index contributed by atoms with van der Waals surface area (Å²) in [7, 11) is 0. The second kappa shape index (κ2) is 4.89. The Labute approximate surface area is 78.8 Å². The lowest BCUT2D eigenvalue weighted by Crippen LogP contribution is -2.19. The summed E-state index contributed by atoms with van der Waals surface area (Å²) in [5.41, 5.74) is 0.429. The molecule has 0 nitrogen and oxygen atoms in total. The van der Waals surface area contributed by atoms with Crippen LogP contribution in [0.15, 0.2) is 0 Å². The van der Waals surface area contributed by atoms with E-state index >= 15 is 0 Å². The Kier molecular flexibility index (Phi) is 4.89. The average molecular weight is 169 g/mol. The molecule has 0 aliphatic heterocycles. The summed E-state index contributed by atoms with van der Waals surface area (Å²) >= 11 is 0. The molecule has 0 heterocycles. The second-order valence-corrected chi connectivity index (χ2v) is 5.01. The molecule has 12 heavy (non-hydrogen) atoms. The topological polar surface area (TPSA) is 0 Å². The summed E-state index contributed by atoms with van der Waals surface area (Å²) in [6, 6.07) is 0. The highest BCUT2D eigenvalue weighted by Gasteiger charge is 2.21. The Morgan fingerprint density at radius 3 is 2.00 bits per heavy atom. The molecule has 0 bridgehead atoms. The maximum Gasteiger partial charge on any atom is -0.0298 e. The van der Waals surface area contributed by atoms with Crippen LogP contribution in [0.5, 0.6) is 0 Å². The van der Waals surface area contributed by atoms with E-state index in [9.17, 15) is 0 Å². The summed E-state index contributed by atoms with van der Waals surface area (Å²) < 4.78 is 0. The zero-order valence-electron chi connectivity index (χ0n) is 9.65. The van der Waals surface area contributed by atoms with Crippen molar-refractivity contribution in [3.05, 3.63) is 6.42 Å². The van der Waals surface area contributed by atoms with Crippen LogP contribution < -0.4 is 0 Å². The van der Waals surface area contributed by atoms with Crippen LogP contribution in [0, 0.1) is 23.7 Å². The lowest BCUT2D eigenvalue weighted by atomic mass is 9.77. The summed E-state index contributed by atoms with van der Waals surface area (Å²) in [5.74, 6) is 1.52. The van der Waals surface area contributed by atoms with Gasteiger partial charge < -0.3 is 0 Å². The van der Waals surface area contributed by atoms with E-state index < -0.39 is 0 Å². The fourth-order valence-corrected chi connectivity index (χ4v) is 1.63. The van der Waals surface area contributed by atoms with Gasteiger partial charge in [0.05, 0.1) is 0 Å². The third-order valence-corrected chi connectivity index (χ3v) is 2.66. The molecule has 0 spiro atoms. The van der Waals surface area contributed by atoms with E-state index in [1.807, 2.05) is 0 Å². The van der Waals surface area contributed by atoms with Crippen molar-refractivity contribution >= 4 is 0 Å². The minimum atomic E-state index is 0.429. The van der Waals surface area contributed by atoms with E-state index in [1.54, 1.807) is 0 Å². The van der Waals surface area contributed by atoms with Crippen molar-refractivity contribution < 1.29 is 0 Å². The molecule has 1 unspecified atom stereocenters. The van der Waals surface area contributed by atoms with E-state index in [-0.39, 0.29) is 0 Å². The molecule has 0 saturated heterocycles. The minimum Gasteiger partial charge on any atom is -0.0654 e. The van der Waals surface area contributed by atoms with Gasteiger partial charge in [0.25, 0.3) is 0 Å². The molecule has 0 aromatic carbocycles. The molecule has 0 aliphatic carbocycles. The number of hydrogen-bond acceptors (Lipinski definition) is 0. The third kappa shape index (κ3) is 4.79. The van der Waals surface area contributed by atoms with Gasteiger partial charge in [0.2, 0.25) is 0 Å². The molecule has 0 amide bonds. The van der Waals surface area contributed by atoms with E-state index in [0.29, 0.717) is 5.41 Å². The molecule has 73 valence electrons. The number of hydrogen-bond donors (Lipinski definition) is 0. The second-order valence-electron chi connectivity index (χ2n) is 5.01. The molecular formula is C12H25. The van der Waals surface area contributed by atoms with Crippen LogP contribution in [0.1, 0.15) is 54.4 Å². The molecule has 0 aromatic rings. The van der Waals surface area contributed by atoms with Gasteiger partial charge in [-0.3, -0.25) is 0 Å². The van der Waals surface area contributed by atoms with E-state index in [1.165, 1.54) is 12.8 Å². The zero-order chi connectivity index (χ0) is 9.78. The highest BCUT2D eigenvalue weighted by molar-refractivity contribution is 4.89. The van der Waals surface area contributed by atoms with Crippen LogP contribution in [0.3, 0.4) is 0 Å². The molecule has 1 atom stereocenters. The highest BCUT2D eigenvalue weighted by Crippen LogP contribution is 2.31. The first-order valence-electron chi connectivity index (χ1n) is 5.25. The predicted octanol–water partition coefficient (Wildman–Crippen LogP) is 4.31. The normalized spacial score (nSPS) is 15.2. The van der Waals surface area contributed by atoms with Crippen molar-refractivity contribution in [2.75, 3.05) is 0 Å². The van der Waals surface area contributed by atoms with Crippen LogP contribution in [0.4, 0.5) is 0 Å². The van der Waals surface area contributed by atoms with Crippen molar-refractivity contribution in [3.63, 3.8) is 0 Å².